The van der Waals surface area contributed by atoms with E-state index in [9.17, 15) is 0 Å². The Morgan fingerprint density at radius 2 is 1.68 bits per heavy atom. The molecule has 146 valence electrons. The second-order valence-electron chi connectivity index (χ2n) is 6.92. The molecule has 1 fully saturated rings. The maximum absolute atomic E-state index is 5.76. The maximum Gasteiger partial charge on any atom is 0.247 e. The molecule has 1 N–H and O–H groups in total. The van der Waals surface area contributed by atoms with E-state index < -0.39 is 0 Å². The van der Waals surface area contributed by atoms with Crippen molar-refractivity contribution in [3.8, 4) is 17.2 Å². The maximum atomic E-state index is 5.76. The average molecular weight is 379 g/mol. The molecule has 0 spiro atoms. The van der Waals surface area contributed by atoms with E-state index in [2.05, 4.69) is 56.6 Å². The Bertz CT molecular complexity index is 884. The Balaban J connectivity index is 1.33. The standard InChI is InChI=1S/C21H25N5O2/c1-25-11-13-26(14-12-25)18-7-5-17(6-8-18)22-15-20-23-24-21(28-20)16-3-9-19(27-2)10-4-16/h3-10,22H,11-15H2,1-2H3. The van der Waals surface area contributed by atoms with Gasteiger partial charge in [0.1, 0.15) is 5.75 Å². The van der Waals surface area contributed by atoms with Crippen LogP contribution in [0.5, 0.6) is 5.75 Å². The number of rotatable bonds is 6. The number of hydrogen-bond acceptors (Lipinski definition) is 7. The number of aromatic nitrogens is 2. The fourth-order valence-corrected chi connectivity index (χ4v) is 3.21. The van der Waals surface area contributed by atoms with Gasteiger partial charge in [0, 0.05) is 43.1 Å². The highest BCUT2D eigenvalue weighted by atomic mass is 16.5. The number of anilines is 2. The number of nitrogens with zero attached hydrogens (tertiary/aromatic N) is 4. The molecular weight excluding hydrogens is 354 g/mol. The molecule has 1 aliphatic heterocycles. The summed E-state index contributed by atoms with van der Waals surface area (Å²) in [5, 5.41) is 11.6. The van der Waals surface area contributed by atoms with E-state index in [1.807, 2.05) is 24.3 Å². The quantitative estimate of drug-likeness (QED) is 0.706. The Kier molecular flexibility index (Phi) is 5.43. The van der Waals surface area contributed by atoms with Crippen molar-refractivity contribution < 1.29 is 9.15 Å². The first kappa shape index (κ1) is 18.3. The molecule has 28 heavy (non-hydrogen) atoms. The van der Waals surface area contributed by atoms with Crippen LogP contribution in [0.2, 0.25) is 0 Å². The van der Waals surface area contributed by atoms with Crippen molar-refractivity contribution in [2.45, 2.75) is 6.54 Å². The summed E-state index contributed by atoms with van der Waals surface area (Å²) >= 11 is 0. The smallest absolute Gasteiger partial charge is 0.247 e. The molecule has 3 aromatic rings. The van der Waals surface area contributed by atoms with Gasteiger partial charge in [0.25, 0.3) is 0 Å². The molecule has 0 amide bonds. The van der Waals surface area contributed by atoms with Crippen LogP contribution in [-0.2, 0) is 6.54 Å². The first-order valence-electron chi connectivity index (χ1n) is 9.45. The van der Waals surface area contributed by atoms with Gasteiger partial charge in [-0.05, 0) is 55.6 Å². The van der Waals surface area contributed by atoms with Crippen LogP contribution in [0.1, 0.15) is 5.89 Å². The fraction of sp³-hybridized carbons (Fsp3) is 0.333. The van der Waals surface area contributed by atoms with E-state index in [0.29, 0.717) is 18.3 Å². The molecule has 2 aromatic carbocycles. The van der Waals surface area contributed by atoms with Crippen LogP contribution in [0, 0.1) is 0 Å². The third-order valence-corrected chi connectivity index (χ3v) is 4.98. The number of benzene rings is 2. The number of ether oxygens (including phenoxy) is 1. The van der Waals surface area contributed by atoms with Gasteiger partial charge in [-0.2, -0.15) is 0 Å². The third kappa shape index (κ3) is 4.26. The second kappa shape index (κ2) is 8.31. The van der Waals surface area contributed by atoms with Crippen LogP contribution in [-0.4, -0.2) is 55.4 Å². The molecule has 2 heterocycles. The molecule has 4 rings (SSSR count). The number of likely N-dealkylation sites (N-methyl/N-ethyl adjacent to an activating group) is 1. The molecular formula is C21H25N5O2. The molecule has 0 atom stereocenters. The van der Waals surface area contributed by atoms with Gasteiger partial charge < -0.3 is 24.3 Å². The van der Waals surface area contributed by atoms with E-state index in [4.69, 9.17) is 9.15 Å². The van der Waals surface area contributed by atoms with E-state index in [1.54, 1.807) is 7.11 Å². The summed E-state index contributed by atoms with van der Waals surface area (Å²) in [6, 6.07) is 16.1. The monoisotopic (exact) mass is 379 g/mol. The van der Waals surface area contributed by atoms with E-state index in [-0.39, 0.29) is 0 Å². The number of methoxy groups -OCH3 is 1. The summed E-state index contributed by atoms with van der Waals surface area (Å²) in [6.07, 6.45) is 0. The summed E-state index contributed by atoms with van der Waals surface area (Å²) in [5.41, 5.74) is 3.16. The van der Waals surface area contributed by atoms with Gasteiger partial charge in [0.2, 0.25) is 11.8 Å². The predicted molar refractivity (Wildman–Crippen MR) is 110 cm³/mol. The molecule has 0 radical (unpaired) electrons. The van der Waals surface area contributed by atoms with E-state index in [1.165, 1.54) is 5.69 Å². The second-order valence-corrected chi connectivity index (χ2v) is 6.92. The van der Waals surface area contributed by atoms with E-state index >= 15 is 0 Å². The molecule has 1 saturated heterocycles. The van der Waals surface area contributed by atoms with Gasteiger partial charge in [-0.25, -0.2) is 0 Å². The summed E-state index contributed by atoms with van der Waals surface area (Å²) in [4.78, 5) is 4.78. The van der Waals surface area contributed by atoms with Gasteiger partial charge in [-0.1, -0.05) is 0 Å². The van der Waals surface area contributed by atoms with Gasteiger partial charge in [-0.3, -0.25) is 0 Å². The highest BCUT2D eigenvalue weighted by molar-refractivity contribution is 5.56. The van der Waals surface area contributed by atoms with Crippen LogP contribution < -0.4 is 15.0 Å². The topological polar surface area (TPSA) is 66.7 Å². The van der Waals surface area contributed by atoms with Crippen molar-refractivity contribution in [2.75, 3.05) is 50.6 Å². The van der Waals surface area contributed by atoms with Crippen molar-refractivity contribution in [1.29, 1.82) is 0 Å². The zero-order chi connectivity index (χ0) is 19.3. The number of nitrogens with one attached hydrogen (secondary N) is 1. The number of piperazine rings is 1. The first-order chi connectivity index (χ1) is 13.7. The van der Waals surface area contributed by atoms with Crippen molar-refractivity contribution in [1.82, 2.24) is 15.1 Å². The highest BCUT2D eigenvalue weighted by Crippen LogP contribution is 2.22. The van der Waals surface area contributed by atoms with Crippen molar-refractivity contribution in [2.24, 2.45) is 0 Å². The minimum atomic E-state index is 0.483. The molecule has 1 aromatic heterocycles. The zero-order valence-corrected chi connectivity index (χ0v) is 16.3. The van der Waals surface area contributed by atoms with Crippen molar-refractivity contribution >= 4 is 11.4 Å². The Morgan fingerprint density at radius 1 is 0.964 bits per heavy atom. The minimum absolute atomic E-state index is 0.483. The molecule has 7 nitrogen and oxygen atoms in total. The predicted octanol–water partition coefficient (Wildman–Crippen LogP) is 3.11. The van der Waals surface area contributed by atoms with E-state index in [0.717, 1.165) is 43.2 Å². The van der Waals surface area contributed by atoms with Gasteiger partial charge >= 0.3 is 0 Å². The SMILES string of the molecule is COc1ccc(-c2nnc(CNc3ccc(N4CCN(C)CC4)cc3)o2)cc1. The van der Waals surface area contributed by atoms with Crippen LogP contribution in [0.3, 0.4) is 0 Å². The Labute approximate surface area is 164 Å². The van der Waals surface area contributed by atoms with Crippen molar-refractivity contribution in [3.63, 3.8) is 0 Å². The normalized spacial score (nSPS) is 14.9. The summed E-state index contributed by atoms with van der Waals surface area (Å²) in [6.45, 7) is 4.83. The lowest BCUT2D eigenvalue weighted by atomic mass is 10.2. The molecule has 0 aliphatic carbocycles. The summed E-state index contributed by atoms with van der Waals surface area (Å²) < 4.78 is 10.9. The largest absolute Gasteiger partial charge is 0.497 e. The lowest BCUT2D eigenvalue weighted by Crippen LogP contribution is -2.44. The number of hydrogen-bond donors (Lipinski definition) is 1. The lowest BCUT2D eigenvalue weighted by molar-refractivity contribution is 0.313. The fourth-order valence-electron chi connectivity index (χ4n) is 3.21. The molecule has 0 bridgehead atoms. The lowest BCUT2D eigenvalue weighted by Gasteiger charge is -2.34. The third-order valence-electron chi connectivity index (χ3n) is 4.98. The molecule has 0 unspecified atom stereocenters. The molecule has 0 saturated carbocycles. The summed E-state index contributed by atoms with van der Waals surface area (Å²) in [5.74, 6) is 1.85. The van der Waals surface area contributed by atoms with Gasteiger partial charge in [-0.15, -0.1) is 10.2 Å². The van der Waals surface area contributed by atoms with Crippen molar-refractivity contribution in [3.05, 3.63) is 54.4 Å². The van der Waals surface area contributed by atoms with Crippen LogP contribution >= 0.6 is 0 Å². The van der Waals surface area contributed by atoms with Crippen LogP contribution in [0.4, 0.5) is 11.4 Å². The Hall–Kier alpha value is -3.06. The van der Waals surface area contributed by atoms with Crippen LogP contribution in [0.25, 0.3) is 11.5 Å². The van der Waals surface area contributed by atoms with Crippen LogP contribution in [0.15, 0.2) is 52.9 Å². The highest BCUT2D eigenvalue weighted by Gasteiger charge is 2.14. The molecule has 7 heteroatoms. The first-order valence-corrected chi connectivity index (χ1v) is 9.45. The Morgan fingerprint density at radius 3 is 2.36 bits per heavy atom. The van der Waals surface area contributed by atoms with Gasteiger partial charge in [0.15, 0.2) is 0 Å². The average Bonchev–Trinajstić information content (AvgIpc) is 3.22. The molecule has 1 aliphatic rings. The summed E-state index contributed by atoms with van der Waals surface area (Å²) in [7, 11) is 3.81. The minimum Gasteiger partial charge on any atom is -0.497 e. The zero-order valence-electron chi connectivity index (χ0n) is 16.3. The van der Waals surface area contributed by atoms with Gasteiger partial charge in [0.05, 0.1) is 13.7 Å².